The van der Waals surface area contributed by atoms with Gasteiger partial charge in [-0.2, -0.15) is 0 Å². The molecule has 1 fully saturated rings. The molecule has 0 spiro atoms. The van der Waals surface area contributed by atoms with E-state index in [0.717, 1.165) is 38.9 Å². The maximum absolute atomic E-state index is 11.0. The number of rotatable bonds is 4. The molecule has 0 aliphatic carbocycles. The monoisotopic (exact) mass is 154 g/mol. The predicted octanol–water partition coefficient (Wildman–Crippen LogP) is 0.700. The Morgan fingerprint density at radius 3 is 3.00 bits per heavy atom. The van der Waals surface area contributed by atoms with Crippen molar-refractivity contribution in [1.82, 2.24) is 4.90 Å². The molecule has 1 amide bonds. The van der Waals surface area contributed by atoms with E-state index >= 15 is 0 Å². The van der Waals surface area contributed by atoms with Crippen LogP contribution in [0.2, 0.25) is 0 Å². The summed E-state index contributed by atoms with van der Waals surface area (Å²) in [5.74, 6) is 0.300. The van der Waals surface area contributed by atoms with E-state index in [1.165, 1.54) is 0 Å². The lowest BCUT2D eigenvalue weighted by molar-refractivity contribution is -0.127. The number of carbonyl (C=O) groups is 1. The average molecular weight is 154 g/mol. The van der Waals surface area contributed by atoms with Gasteiger partial charge in [0.15, 0.2) is 0 Å². The van der Waals surface area contributed by atoms with E-state index in [1.54, 1.807) is 0 Å². The van der Waals surface area contributed by atoms with Gasteiger partial charge in [-0.05, 0) is 19.6 Å². The summed E-state index contributed by atoms with van der Waals surface area (Å²) < 4.78 is 0. The first kappa shape index (κ1) is 8.24. The van der Waals surface area contributed by atoms with Crippen LogP contribution in [0.15, 0.2) is 4.99 Å². The number of carbonyl (C=O) groups excluding carboxylic acids is 1. The van der Waals surface area contributed by atoms with Crippen molar-refractivity contribution in [2.24, 2.45) is 4.99 Å². The molecular weight excluding hydrogens is 140 g/mol. The number of aliphatic imine (C=N–C) groups is 1. The summed E-state index contributed by atoms with van der Waals surface area (Å²) in [6.07, 6.45) is 2.72. The summed E-state index contributed by atoms with van der Waals surface area (Å²) in [4.78, 5) is 16.7. The van der Waals surface area contributed by atoms with Gasteiger partial charge >= 0.3 is 0 Å². The lowest BCUT2D eigenvalue weighted by Gasteiger charge is -2.13. The SMILES string of the molecule is C=NCCCN1CCCC1=O. The Labute approximate surface area is 67.1 Å². The molecule has 1 heterocycles. The highest BCUT2D eigenvalue weighted by atomic mass is 16.2. The topological polar surface area (TPSA) is 32.7 Å². The molecule has 0 aromatic carbocycles. The highest BCUT2D eigenvalue weighted by Gasteiger charge is 2.18. The molecular formula is C8H14N2O. The van der Waals surface area contributed by atoms with Gasteiger partial charge in [-0.25, -0.2) is 0 Å². The van der Waals surface area contributed by atoms with Crippen LogP contribution in [0.5, 0.6) is 0 Å². The molecule has 62 valence electrons. The highest BCUT2D eigenvalue weighted by Crippen LogP contribution is 2.09. The lowest BCUT2D eigenvalue weighted by Crippen LogP contribution is -2.25. The van der Waals surface area contributed by atoms with Crippen molar-refractivity contribution < 1.29 is 4.79 Å². The average Bonchev–Trinajstić information content (AvgIpc) is 2.37. The first-order valence-corrected chi connectivity index (χ1v) is 4.05. The van der Waals surface area contributed by atoms with Gasteiger partial charge in [0.25, 0.3) is 0 Å². The standard InChI is InChI=1S/C8H14N2O/c1-9-5-3-7-10-6-2-4-8(10)11/h1-7H2. The van der Waals surface area contributed by atoms with Gasteiger partial charge in [0.2, 0.25) is 5.91 Å². The predicted molar refractivity (Wildman–Crippen MR) is 44.8 cm³/mol. The van der Waals surface area contributed by atoms with E-state index in [2.05, 4.69) is 11.7 Å². The Balaban J connectivity index is 2.15. The van der Waals surface area contributed by atoms with E-state index in [9.17, 15) is 4.79 Å². The fraction of sp³-hybridized carbons (Fsp3) is 0.750. The van der Waals surface area contributed by atoms with Gasteiger partial charge < -0.3 is 9.89 Å². The molecule has 1 aliphatic rings. The maximum atomic E-state index is 11.0. The fourth-order valence-corrected chi connectivity index (χ4v) is 1.31. The van der Waals surface area contributed by atoms with Crippen molar-refractivity contribution in [2.45, 2.75) is 19.3 Å². The van der Waals surface area contributed by atoms with Gasteiger partial charge in [0.1, 0.15) is 0 Å². The molecule has 1 aliphatic heterocycles. The van der Waals surface area contributed by atoms with E-state index in [1.807, 2.05) is 4.90 Å². The molecule has 3 nitrogen and oxygen atoms in total. The summed E-state index contributed by atoms with van der Waals surface area (Å²) in [7, 11) is 0. The Hall–Kier alpha value is -0.860. The molecule has 0 N–H and O–H groups in total. The van der Waals surface area contributed by atoms with Gasteiger partial charge in [0.05, 0.1) is 0 Å². The van der Waals surface area contributed by atoms with Gasteiger partial charge in [0, 0.05) is 26.1 Å². The molecule has 1 saturated heterocycles. The summed E-state index contributed by atoms with van der Waals surface area (Å²) >= 11 is 0. The number of hydrogen-bond acceptors (Lipinski definition) is 2. The van der Waals surface area contributed by atoms with Crippen LogP contribution in [0.4, 0.5) is 0 Å². The van der Waals surface area contributed by atoms with Crippen LogP contribution in [0.25, 0.3) is 0 Å². The van der Waals surface area contributed by atoms with Crippen molar-refractivity contribution in [3.63, 3.8) is 0 Å². The minimum absolute atomic E-state index is 0.300. The number of hydrogen-bond donors (Lipinski definition) is 0. The van der Waals surface area contributed by atoms with Crippen LogP contribution < -0.4 is 0 Å². The zero-order chi connectivity index (χ0) is 8.10. The largest absolute Gasteiger partial charge is 0.343 e. The molecule has 3 heteroatoms. The Kier molecular flexibility index (Phi) is 3.08. The summed E-state index contributed by atoms with van der Waals surface area (Å²) in [6.45, 7) is 5.96. The first-order chi connectivity index (χ1) is 5.34. The summed E-state index contributed by atoms with van der Waals surface area (Å²) in [5, 5.41) is 0. The van der Waals surface area contributed by atoms with Crippen LogP contribution in [-0.2, 0) is 4.79 Å². The summed E-state index contributed by atoms with van der Waals surface area (Å²) in [6, 6.07) is 0. The zero-order valence-electron chi connectivity index (χ0n) is 6.75. The minimum atomic E-state index is 0.300. The van der Waals surface area contributed by atoms with Crippen molar-refractivity contribution in [3.8, 4) is 0 Å². The van der Waals surface area contributed by atoms with Crippen LogP contribution in [0, 0.1) is 0 Å². The van der Waals surface area contributed by atoms with Crippen molar-refractivity contribution in [3.05, 3.63) is 0 Å². The summed E-state index contributed by atoms with van der Waals surface area (Å²) in [5.41, 5.74) is 0. The minimum Gasteiger partial charge on any atom is -0.343 e. The molecule has 1 rings (SSSR count). The molecule has 0 bridgehead atoms. The third-order valence-electron chi connectivity index (χ3n) is 1.92. The molecule has 0 aromatic rings. The Bertz CT molecular complexity index is 156. The van der Waals surface area contributed by atoms with Crippen LogP contribution >= 0.6 is 0 Å². The number of amides is 1. The third kappa shape index (κ3) is 2.33. The Morgan fingerprint density at radius 1 is 1.64 bits per heavy atom. The highest BCUT2D eigenvalue weighted by molar-refractivity contribution is 5.77. The molecule has 0 aromatic heterocycles. The Morgan fingerprint density at radius 2 is 2.45 bits per heavy atom. The second kappa shape index (κ2) is 4.11. The van der Waals surface area contributed by atoms with Crippen molar-refractivity contribution in [1.29, 1.82) is 0 Å². The first-order valence-electron chi connectivity index (χ1n) is 4.05. The normalized spacial score (nSPS) is 17.5. The van der Waals surface area contributed by atoms with E-state index in [4.69, 9.17) is 0 Å². The van der Waals surface area contributed by atoms with Crippen LogP contribution in [0.3, 0.4) is 0 Å². The van der Waals surface area contributed by atoms with Gasteiger partial charge in [-0.3, -0.25) is 4.79 Å². The van der Waals surface area contributed by atoms with Crippen LogP contribution in [-0.4, -0.2) is 37.2 Å². The van der Waals surface area contributed by atoms with E-state index in [-0.39, 0.29) is 0 Å². The third-order valence-corrected chi connectivity index (χ3v) is 1.92. The molecule has 0 atom stereocenters. The fourth-order valence-electron chi connectivity index (χ4n) is 1.31. The number of nitrogens with zero attached hydrogens (tertiary/aromatic N) is 2. The van der Waals surface area contributed by atoms with E-state index < -0.39 is 0 Å². The molecule has 0 unspecified atom stereocenters. The van der Waals surface area contributed by atoms with Gasteiger partial charge in [-0.15, -0.1) is 0 Å². The smallest absolute Gasteiger partial charge is 0.222 e. The molecule has 11 heavy (non-hydrogen) atoms. The van der Waals surface area contributed by atoms with Gasteiger partial charge in [-0.1, -0.05) is 0 Å². The van der Waals surface area contributed by atoms with Crippen molar-refractivity contribution >= 4 is 12.6 Å². The van der Waals surface area contributed by atoms with E-state index in [0.29, 0.717) is 5.91 Å². The lowest BCUT2D eigenvalue weighted by atomic mass is 10.4. The second-order valence-electron chi connectivity index (χ2n) is 2.79. The molecule has 0 radical (unpaired) electrons. The van der Waals surface area contributed by atoms with Crippen molar-refractivity contribution in [2.75, 3.05) is 19.6 Å². The molecule has 0 saturated carbocycles. The zero-order valence-corrected chi connectivity index (χ0v) is 6.75. The quantitative estimate of drug-likeness (QED) is 0.433. The second-order valence-corrected chi connectivity index (χ2v) is 2.79. The van der Waals surface area contributed by atoms with Crippen LogP contribution in [0.1, 0.15) is 19.3 Å². The maximum Gasteiger partial charge on any atom is 0.222 e. The number of likely N-dealkylation sites (tertiary alicyclic amines) is 1.